The maximum Gasteiger partial charge on any atom is 0.465 e. The van der Waals surface area contributed by atoms with E-state index in [1.165, 1.54) is 12.8 Å². The maximum atomic E-state index is 11.3. The van der Waals surface area contributed by atoms with Gasteiger partial charge in [0.2, 0.25) is 0 Å². The summed E-state index contributed by atoms with van der Waals surface area (Å²) in [5.41, 5.74) is 0. The molecule has 0 aliphatic rings. The van der Waals surface area contributed by atoms with Gasteiger partial charge in [-0.05, 0) is 24.5 Å². The third kappa shape index (κ3) is 8.81. The van der Waals surface area contributed by atoms with E-state index in [2.05, 4.69) is 20.4 Å². The van der Waals surface area contributed by atoms with Crippen molar-refractivity contribution in [2.75, 3.05) is 6.61 Å². The van der Waals surface area contributed by atoms with Crippen molar-refractivity contribution in [3.05, 3.63) is 43.0 Å². The average molecular weight is 324 g/mol. The van der Waals surface area contributed by atoms with Crippen LogP contribution in [0.4, 0.5) is 0 Å². The zero-order valence-corrected chi connectivity index (χ0v) is 14.3. The second-order valence-corrected chi connectivity index (χ2v) is 6.39. The van der Waals surface area contributed by atoms with Crippen LogP contribution in [0.25, 0.3) is 0 Å². The van der Waals surface area contributed by atoms with Crippen LogP contribution in [0.5, 0.6) is 5.75 Å². The molecule has 0 N–H and O–H groups in total. The third-order valence-electron chi connectivity index (χ3n) is 2.88. The van der Waals surface area contributed by atoms with Gasteiger partial charge in [-0.2, -0.15) is 0 Å². The Balaban J connectivity index is 2.35. The standard InChI is InChI=1S/C17H25O4P/c1-4-17(18)21-22(20-16-12-8-5-9-13-16)19-14-10-6-7-11-15(2)3/h4-5,8-9,12-13,15H,1,6-7,10-11,14H2,2-3H3. The van der Waals surface area contributed by atoms with Gasteiger partial charge < -0.3 is 9.05 Å². The number of hydrogen-bond donors (Lipinski definition) is 0. The molecule has 0 aromatic heterocycles. The van der Waals surface area contributed by atoms with Crippen LogP contribution in [-0.2, 0) is 13.8 Å². The molecule has 22 heavy (non-hydrogen) atoms. The minimum Gasteiger partial charge on any atom is -0.418 e. The molecule has 1 aromatic rings. The van der Waals surface area contributed by atoms with Crippen molar-refractivity contribution in [2.45, 2.75) is 39.5 Å². The largest absolute Gasteiger partial charge is 0.465 e. The number of rotatable bonds is 11. The summed E-state index contributed by atoms with van der Waals surface area (Å²) in [6.07, 6.45) is 5.54. The molecule has 1 atom stereocenters. The fourth-order valence-electron chi connectivity index (χ4n) is 1.72. The Labute approximate surface area is 134 Å². The third-order valence-corrected chi connectivity index (χ3v) is 3.96. The first-order valence-corrected chi connectivity index (χ1v) is 8.71. The summed E-state index contributed by atoms with van der Waals surface area (Å²) in [4.78, 5) is 11.3. The lowest BCUT2D eigenvalue weighted by Gasteiger charge is -2.15. The van der Waals surface area contributed by atoms with Crippen LogP contribution in [0.15, 0.2) is 43.0 Å². The summed E-state index contributed by atoms with van der Waals surface area (Å²) >= 11 is 0. The van der Waals surface area contributed by atoms with Gasteiger partial charge in [0.15, 0.2) is 0 Å². The fourth-order valence-corrected chi connectivity index (χ4v) is 2.66. The Morgan fingerprint density at radius 3 is 2.59 bits per heavy atom. The van der Waals surface area contributed by atoms with Gasteiger partial charge in [-0.15, -0.1) is 0 Å². The van der Waals surface area contributed by atoms with Gasteiger partial charge in [-0.3, -0.25) is 4.52 Å². The number of hydrogen-bond acceptors (Lipinski definition) is 4. The van der Waals surface area contributed by atoms with Gasteiger partial charge in [0.1, 0.15) is 5.75 Å². The van der Waals surface area contributed by atoms with E-state index in [1.807, 2.05) is 18.2 Å². The van der Waals surface area contributed by atoms with E-state index in [0.29, 0.717) is 12.4 Å². The lowest BCUT2D eigenvalue weighted by Crippen LogP contribution is -2.03. The number of carbonyl (C=O) groups excluding carboxylic acids is 1. The van der Waals surface area contributed by atoms with Gasteiger partial charge in [0, 0.05) is 6.08 Å². The van der Waals surface area contributed by atoms with E-state index < -0.39 is 14.6 Å². The molecule has 0 saturated carbocycles. The predicted octanol–water partition coefficient (Wildman–Crippen LogP) is 5.25. The minimum absolute atomic E-state index is 0.515. The highest BCUT2D eigenvalue weighted by molar-refractivity contribution is 7.42. The van der Waals surface area contributed by atoms with Crippen molar-refractivity contribution < 1.29 is 18.4 Å². The van der Waals surface area contributed by atoms with Crippen LogP contribution in [0.1, 0.15) is 39.5 Å². The normalized spacial score (nSPS) is 12.0. The Morgan fingerprint density at radius 1 is 1.23 bits per heavy atom. The van der Waals surface area contributed by atoms with Gasteiger partial charge in [-0.1, -0.05) is 57.9 Å². The molecular weight excluding hydrogens is 299 g/mol. The molecule has 5 heteroatoms. The number of unbranched alkanes of at least 4 members (excludes halogenated alkanes) is 2. The molecule has 1 aromatic carbocycles. The molecule has 0 amide bonds. The maximum absolute atomic E-state index is 11.3. The second kappa shape index (κ2) is 11.2. The second-order valence-electron chi connectivity index (χ2n) is 5.32. The Bertz CT molecular complexity index is 434. The quantitative estimate of drug-likeness (QED) is 0.317. The number of para-hydroxylation sites is 1. The van der Waals surface area contributed by atoms with E-state index in [9.17, 15) is 4.79 Å². The first kappa shape index (κ1) is 18.7. The Morgan fingerprint density at radius 2 is 1.95 bits per heavy atom. The molecule has 0 bridgehead atoms. The van der Waals surface area contributed by atoms with E-state index in [0.717, 1.165) is 24.8 Å². The minimum atomic E-state index is -1.74. The van der Waals surface area contributed by atoms with E-state index in [-0.39, 0.29) is 0 Å². The molecule has 1 unspecified atom stereocenters. The lowest BCUT2D eigenvalue weighted by molar-refractivity contribution is -0.129. The zero-order valence-electron chi connectivity index (χ0n) is 13.4. The highest BCUT2D eigenvalue weighted by Crippen LogP contribution is 2.41. The monoisotopic (exact) mass is 324 g/mol. The lowest BCUT2D eigenvalue weighted by atomic mass is 10.1. The zero-order chi connectivity index (χ0) is 16.2. The van der Waals surface area contributed by atoms with Crippen LogP contribution < -0.4 is 4.52 Å². The molecule has 0 saturated heterocycles. The molecular formula is C17H25O4P. The molecule has 0 spiro atoms. The molecule has 1 rings (SSSR count). The van der Waals surface area contributed by atoms with Gasteiger partial charge >= 0.3 is 14.6 Å². The fraction of sp³-hybridized carbons (Fsp3) is 0.471. The van der Waals surface area contributed by atoms with Crippen molar-refractivity contribution in [1.29, 1.82) is 0 Å². The van der Waals surface area contributed by atoms with Crippen LogP contribution in [0.2, 0.25) is 0 Å². The van der Waals surface area contributed by atoms with Crippen molar-refractivity contribution in [3.63, 3.8) is 0 Å². The van der Waals surface area contributed by atoms with Crippen LogP contribution in [-0.4, -0.2) is 12.6 Å². The van der Waals surface area contributed by atoms with Crippen LogP contribution >= 0.6 is 8.60 Å². The molecule has 122 valence electrons. The molecule has 0 fully saturated rings. The van der Waals surface area contributed by atoms with Crippen molar-refractivity contribution in [1.82, 2.24) is 0 Å². The summed E-state index contributed by atoms with van der Waals surface area (Å²) in [6, 6.07) is 9.18. The van der Waals surface area contributed by atoms with Crippen molar-refractivity contribution in [3.8, 4) is 5.75 Å². The first-order chi connectivity index (χ1) is 10.6. The summed E-state index contributed by atoms with van der Waals surface area (Å²) in [6.45, 7) is 8.34. The molecule has 0 radical (unpaired) electrons. The van der Waals surface area contributed by atoms with Gasteiger partial charge in [-0.25, -0.2) is 4.79 Å². The average Bonchev–Trinajstić information content (AvgIpc) is 2.51. The molecule has 0 aliphatic heterocycles. The highest BCUT2D eigenvalue weighted by atomic mass is 31.2. The number of benzene rings is 1. The van der Waals surface area contributed by atoms with Gasteiger partial charge in [0.05, 0.1) is 6.61 Å². The number of carbonyl (C=O) groups is 1. The van der Waals surface area contributed by atoms with E-state index >= 15 is 0 Å². The van der Waals surface area contributed by atoms with Crippen molar-refractivity contribution in [2.24, 2.45) is 5.92 Å². The first-order valence-electron chi connectivity index (χ1n) is 7.62. The smallest absolute Gasteiger partial charge is 0.418 e. The summed E-state index contributed by atoms with van der Waals surface area (Å²) in [7, 11) is -1.74. The Hall–Kier alpha value is -1.38. The van der Waals surface area contributed by atoms with Crippen LogP contribution in [0.3, 0.4) is 0 Å². The molecule has 4 nitrogen and oxygen atoms in total. The SMILES string of the molecule is C=CC(=O)OP(OCCCCCC(C)C)Oc1ccccc1. The summed E-state index contributed by atoms with van der Waals surface area (Å²) < 4.78 is 16.3. The van der Waals surface area contributed by atoms with E-state index in [1.54, 1.807) is 12.1 Å². The Kier molecular flexibility index (Phi) is 9.52. The van der Waals surface area contributed by atoms with E-state index in [4.69, 9.17) is 13.6 Å². The van der Waals surface area contributed by atoms with Crippen LogP contribution in [0, 0.1) is 5.92 Å². The summed E-state index contributed by atoms with van der Waals surface area (Å²) in [5.74, 6) is 0.806. The predicted molar refractivity (Wildman–Crippen MR) is 89.5 cm³/mol. The molecule has 0 aliphatic carbocycles. The van der Waals surface area contributed by atoms with Crippen molar-refractivity contribution >= 4 is 14.6 Å². The summed E-state index contributed by atoms with van der Waals surface area (Å²) in [5, 5.41) is 0. The van der Waals surface area contributed by atoms with Gasteiger partial charge in [0.25, 0.3) is 0 Å². The topological polar surface area (TPSA) is 44.8 Å². The highest BCUT2D eigenvalue weighted by Gasteiger charge is 2.18. The molecule has 0 heterocycles.